The second-order valence-corrected chi connectivity index (χ2v) is 5.55. The number of rotatable bonds is 4. The van der Waals surface area contributed by atoms with Gasteiger partial charge >= 0.3 is 0 Å². The second-order valence-electron chi connectivity index (χ2n) is 5.55. The molecule has 0 radical (unpaired) electrons. The molecule has 4 nitrogen and oxygen atoms in total. The Morgan fingerprint density at radius 1 is 1.27 bits per heavy atom. The van der Waals surface area contributed by atoms with Crippen LogP contribution in [0, 0.1) is 11.6 Å². The summed E-state index contributed by atoms with van der Waals surface area (Å²) in [7, 11) is 0. The number of nitrogens with one attached hydrogen (secondary N) is 1. The van der Waals surface area contributed by atoms with E-state index in [1.54, 1.807) is 0 Å². The Labute approximate surface area is 125 Å². The number of aromatic nitrogens is 1. The average Bonchev–Trinajstić information content (AvgIpc) is 3.31. The maximum Gasteiger partial charge on any atom is 0.268 e. The second kappa shape index (κ2) is 5.51. The zero-order valence-electron chi connectivity index (χ0n) is 12.2. The van der Waals surface area contributed by atoms with Crippen LogP contribution in [0.4, 0.5) is 8.78 Å². The fourth-order valence-electron chi connectivity index (χ4n) is 2.52. The summed E-state index contributed by atoms with van der Waals surface area (Å²) in [5.74, 6) is -2.45. The summed E-state index contributed by atoms with van der Waals surface area (Å²) in [6.45, 7) is 2.42. The van der Waals surface area contributed by atoms with E-state index in [1.807, 2.05) is 6.92 Å². The lowest BCUT2D eigenvalue weighted by molar-refractivity contribution is 0.0943. The fraction of sp³-hybridized carbons (Fsp3) is 0.375. The van der Waals surface area contributed by atoms with E-state index in [2.05, 4.69) is 5.32 Å². The van der Waals surface area contributed by atoms with Gasteiger partial charge in [-0.3, -0.25) is 9.59 Å². The monoisotopic (exact) mass is 306 g/mol. The highest BCUT2D eigenvalue weighted by Gasteiger charge is 2.29. The number of carbonyl (C=O) groups is 1. The predicted molar refractivity (Wildman–Crippen MR) is 79.0 cm³/mol. The molecule has 1 aliphatic rings. The van der Waals surface area contributed by atoms with Crippen LogP contribution in [0.1, 0.15) is 42.7 Å². The molecule has 1 heterocycles. The largest absolute Gasteiger partial charge is 0.351 e. The number of carbonyl (C=O) groups excluding carboxylic acids is 1. The van der Waals surface area contributed by atoms with Crippen LogP contribution in [0.3, 0.4) is 0 Å². The molecule has 3 rings (SSSR count). The molecular weight excluding hydrogens is 290 g/mol. The molecule has 1 aromatic carbocycles. The molecule has 0 spiro atoms. The number of hydrogen-bond acceptors (Lipinski definition) is 2. The van der Waals surface area contributed by atoms with E-state index in [1.165, 1.54) is 10.6 Å². The first-order chi connectivity index (χ1) is 10.5. The smallest absolute Gasteiger partial charge is 0.268 e. The first kappa shape index (κ1) is 14.7. The maximum atomic E-state index is 13.4. The number of halogens is 2. The van der Waals surface area contributed by atoms with Gasteiger partial charge in [0.25, 0.3) is 11.5 Å². The molecule has 0 atom stereocenters. The van der Waals surface area contributed by atoms with Crippen molar-refractivity contribution < 1.29 is 13.6 Å². The summed E-state index contributed by atoms with van der Waals surface area (Å²) in [6, 6.07) is 3.29. The van der Waals surface area contributed by atoms with Crippen LogP contribution in [0.2, 0.25) is 0 Å². The van der Waals surface area contributed by atoms with E-state index in [0.29, 0.717) is 6.54 Å². The van der Waals surface area contributed by atoms with Crippen molar-refractivity contribution in [1.82, 2.24) is 9.88 Å². The van der Waals surface area contributed by atoms with Crippen LogP contribution in [0.25, 0.3) is 10.8 Å². The lowest BCUT2D eigenvalue weighted by Crippen LogP contribution is -2.32. The molecule has 1 aliphatic carbocycles. The fourth-order valence-corrected chi connectivity index (χ4v) is 2.52. The molecule has 1 aromatic heterocycles. The van der Waals surface area contributed by atoms with Crippen LogP contribution in [0.5, 0.6) is 0 Å². The van der Waals surface area contributed by atoms with Crippen molar-refractivity contribution in [2.75, 3.05) is 6.54 Å². The van der Waals surface area contributed by atoms with Gasteiger partial charge < -0.3 is 9.88 Å². The van der Waals surface area contributed by atoms with Crippen molar-refractivity contribution in [3.05, 3.63) is 45.9 Å². The SMILES string of the molecule is CCCNC(=O)c1cc2cc(F)c(F)cc2c(=O)n1C1CC1. The Balaban J connectivity index is 2.22. The Morgan fingerprint density at radius 3 is 2.59 bits per heavy atom. The highest BCUT2D eigenvalue weighted by molar-refractivity contribution is 5.96. The van der Waals surface area contributed by atoms with Gasteiger partial charge in [0, 0.05) is 12.6 Å². The molecule has 1 N–H and O–H groups in total. The first-order valence-electron chi connectivity index (χ1n) is 7.35. The summed E-state index contributed by atoms with van der Waals surface area (Å²) < 4.78 is 28.2. The maximum absolute atomic E-state index is 13.4. The van der Waals surface area contributed by atoms with Crippen LogP contribution in [-0.2, 0) is 0 Å². The number of benzene rings is 1. The molecule has 1 fully saturated rings. The van der Waals surface area contributed by atoms with Crippen molar-refractivity contribution in [2.24, 2.45) is 0 Å². The molecule has 0 unspecified atom stereocenters. The van der Waals surface area contributed by atoms with Crippen LogP contribution in [-0.4, -0.2) is 17.0 Å². The summed E-state index contributed by atoms with van der Waals surface area (Å²) >= 11 is 0. The molecule has 6 heteroatoms. The Hall–Kier alpha value is -2.24. The van der Waals surface area contributed by atoms with Crippen molar-refractivity contribution in [1.29, 1.82) is 0 Å². The summed E-state index contributed by atoms with van der Waals surface area (Å²) in [5, 5.41) is 3.06. The highest BCUT2D eigenvalue weighted by Crippen LogP contribution is 2.35. The zero-order chi connectivity index (χ0) is 15.9. The van der Waals surface area contributed by atoms with Gasteiger partial charge in [-0.2, -0.15) is 0 Å². The topological polar surface area (TPSA) is 51.1 Å². The van der Waals surface area contributed by atoms with Crippen LogP contribution >= 0.6 is 0 Å². The summed E-state index contributed by atoms with van der Waals surface area (Å²) in [4.78, 5) is 24.8. The van der Waals surface area contributed by atoms with Crippen molar-refractivity contribution in [3.8, 4) is 0 Å². The molecule has 0 saturated heterocycles. The molecule has 22 heavy (non-hydrogen) atoms. The third-order valence-electron chi connectivity index (χ3n) is 3.77. The van der Waals surface area contributed by atoms with Gasteiger partial charge in [-0.05, 0) is 42.8 Å². The van der Waals surface area contributed by atoms with Crippen molar-refractivity contribution in [2.45, 2.75) is 32.2 Å². The number of nitrogens with zero attached hydrogens (tertiary/aromatic N) is 1. The van der Waals surface area contributed by atoms with Gasteiger partial charge in [-0.15, -0.1) is 0 Å². The van der Waals surface area contributed by atoms with Gasteiger partial charge in [0.2, 0.25) is 0 Å². The summed E-state index contributed by atoms with van der Waals surface area (Å²) in [6.07, 6.45) is 2.39. The lowest BCUT2D eigenvalue weighted by Gasteiger charge is -2.14. The minimum absolute atomic E-state index is 0.0348. The predicted octanol–water partition coefficient (Wildman–Crippen LogP) is 2.75. The molecule has 1 saturated carbocycles. The number of fused-ring (bicyclic) bond motifs is 1. The number of hydrogen-bond donors (Lipinski definition) is 1. The van der Waals surface area contributed by atoms with Crippen molar-refractivity contribution >= 4 is 16.7 Å². The molecule has 0 bridgehead atoms. The Kier molecular flexibility index (Phi) is 3.68. The van der Waals surface area contributed by atoms with E-state index >= 15 is 0 Å². The lowest BCUT2D eigenvalue weighted by atomic mass is 10.1. The molecule has 2 aromatic rings. The Bertz CT molecular complexity index is 810. The van der Waals surface area contributed by atoms with Crippen molar-refractivity contribution in [3.63, 3.8) is 0 Å². The van der Waals surface area contributed by atoms with Gasteiger partial charge in [-0.25, -0.2) is 8.78 Å². The van der Waals surface area contributed by atoms with E-state index in [0.717, 1.165) is 31.4 Å². The van der Waals surface area contributed by atoms with Gasteiger partial charge in [-0.1, -0.05) is 6.92 Å². The molecular formula is C16H16F2N2O2. The average molecular weight is 306 g/mol. The highest BCUT2D eigenvalue weighted by atomic mass is 19.2. The standard InChI is InChI=1S/C16H16F2N2O2/c1-2-5-19-15(21)14-7-9-6-12(17)13(18)8-11(9)16(22)20(14)10-3-4-10/h6-8,10H,2-5H2,1H3,(H,19,21). The zero-order valence-corrected chi connectivity index (χ0v) is 12.2. The quantitative estimate of drug-likeness (QED) is 0.944. The minimum Gasteiger partial charge on any atom is -0.351 e. The summed E-state index contributed by atoms with van der Waals surface area (Å²) in [5.41, 5.74) is -0.236. The van der Waals surface area contributed by atoms with E-state index in [4.69, 9.17) is 0 Å². The number of pyridine rings is 1. The van der Waals surface area contributed by atoms with E-state index < -0.39 is 17.2 Å². The first-order valence-corrected chi connectivity index (χ1v) is 7.35. The van der Waals surface area contributed by atoms with Gasteiger partial charge in [0.15, 0.2) is 11.6 Å². The van der Waals surface area contributed by atoms with Crippen LogP contribution < -0.4 is 10.9 Å². The minimum atomic E-state index is -1.06. The van der Waals surface area contributed by atoms with Gasteiger partial charge in [0.05, 0.1) is 5.39 Å². The molecule has 116 valence electrons. The van der Waals surface area contributed by atoms with E-state index in [-0.39, 0.29) is 28.4 Å². The molecule has 0 aliphatic heterocycles. The number of amides is 1. The van der Waals surface area contributed by atoms with E-state index in [9.17, 15) is 18.4 Å². The normalized spacial score (nSPS) is 14.3. The van der Waals surface area contributed by atoms with Gasteiger partial charge in [0.1, 0.15) is 5.69 Å². The molecule has 1 amide bonds. The van der Waals surface area contributed by atoms with Crippen LogP contribution in [0.15, 0.2) is 23.0 Å². The Morgan fingerprint density at radius 2 is 1.95 bits per heavy atom. The third-order valence-corrected chi connectivity index (χ3v) is 3.77. The third kappa shape index (κ3) is 2.49.